The largest absolute Gasteiger partial charge is 0.481 e. The van der Waals surface area contributed by atoms with Crippen LogP contribution in [-0.2, 0) is 14.3 Å². The number of carboxylic acids is 1. The second-order valence-electron chi connectivity index (χ2n) is 5.37. The molecule has 0 spiro atoms. The number of nitrogens with zero attached hydrogens (tertiary/aromatic N) is 2. The first-order valence-corrected chi connectivity index (χ1v) is 7.14. The SMILES string of the molecule is CCN(C(=O)N1CCCC1C(N)=O)C1COCC1C(=O)O. The lowest BCUT2D eigenvalue weighted by Crippen LogP contribution is -2.54. The minimum atomic E-state index is -0.975. The Hall–Kier alpha value is -1.83. The average Bonchev–Trinajstić information content (AvgIpc) is 3.08. The summed E-state index contributed by atoms with van der Waals surface area (Å²) in [7, 11) is 0. The quantitative estimate of drug-likeness (QED) is 0.725. The van der Waals surface area contributed by atoms with Crippen LogP contribution in [0.3, 0.4) is 0 Å². The normalized spacial score (nSPS) is 28.6. The van der Waals surface area contributed by atoms with E-state index in [1.54, 1.807) is 6.92 Å². The molecule has 0 bridgehead atoms. The molecule has 2 aliphatic rings. The number of carboxylic acid groups (broad SMARTS) is 1. The third-order valence-electron chi connectivity index (χ3n) is 4.18. The van der Waals surface area contributed by atoms with Crippen LogP contribution in [0.15, 0.2) is 0 Å². The Balaban J connectivity index is 2.15. The summed E-state index contributed by atoms with van der Waals surface area (Å²) < 4.78 is 5.22. The van der Waals surface area contributed by atoms with E-state index in [1.807, 2.05) is 0 Å². The lowest BCUT2D eigenvalue weighted by Gasteiger charge is -2.34. The number of hydrogen-bond donors (Lipinski definition) is 2. The van der Waals surface area contributed by atoms with Gasteiger partial charge in [-0.3, -0.25) is 9.59 Å². The Morgan fingerprint density at radius 3 is 2.67 bits per heavy atom. The summed E-state index contributed by atoms with van der Waals surface area (Å²) in [6, 6.07) is -1.44. The van der Waals surface area contributed by atoms with Crippen molar-refractivity contribution in [3.63, 3.8) is 0 Å². The number of nitrogens with two attached hydrogens (primary N) is 1. The summed E-state index contributed by atoms with van der Waals surface area (Å²) in [6.45, 7) is 2.91. The van der Waals surface area contributed by atoms with E-state index in [-0.39, 0.29) is 19.2 Å². The molecule has 0 aromatic heterocycles. The number of rotatable bonds is 4. The Labute approximate surface area is 122 Å². The van der Waals surface area contributed by atoms with Crippen LogP contribution in [0.2, 0.25) is 0 Å². The van der Waals surface area contributed by atoms with Crippen molar-refractivity contribution in [2.45, 2.75) is 31.8 Å². The first-order chi connectivity index (χ1) is 9.97. The molecule has 3 atom stereocenters. The highest BCUT2D eigenvalue weighted by atomic mass is 16.5. The summed E-state index contributed by atoms with van der Waals surface area (Å²) in [5.41, 5.74) is 5.33. The number of aliphatic carboxylic acids is 1. The molecule has 0 aromatic carbocycles. The molecule has 0 aromatic rings. The first kappa shape index (κ1) is 15.6. The number of primary amides is 1. The Morgan fingerprint density at radius 1 is 1.38 bits per heavy atom. The molecule has 2 aliphatic heterocycles. The van der Waals surface area contributed by atoms with Crippen molar-refractivity contribution in [3.05, 3.63) is 0 Å². The fourth-order valence-electron chi connectivity index (χ4n) is 3.05. The molecule has 8 heteroatoms. The van der Waals surface area contributed by atoms with E-state index in [0.29, 0.717) is 19.5 Å². The number of likely N-dealkylation sites (tertiary alicyclic amines) is 1. The van der Waals surface area contributed by atoms with Gasteiger partial charge in [0.25, 0.3) is 0 Å². The standard InChI is InChI=1S/C13H21N3O5/c1-2-15(10-7-21-6-8(10)12(18)19)13(20)16-5-3-4-9(16)11(14)17/h8-10H,2-7H2,1H3,(H2,14,17)(H,18,19). The maximum Gasteiger partial charge on any atom is 0.321 e. The fraction of sp³-hybridized carbons (Fsp3) is 0.769. The van der Waals surface area contributed by atoms with Crippen LogP contribution in [-0.4, -0.2) is 71.2 Å². The van der Waals surface area contributed by atoms with Crippen molar-refractivity contribution in [1.82, 2.24) is 9.80 Å². The number of carbonyl (C=O) groups excluding carboxylic acids is 2. The number of urea groups is 1. The molecule has 2 heterocycles. The third-order valence-corrected chi connectivity index (χ3v) is 4.18. The van der Waals surface area contributed by atoms with Gasteiger partial charge in [0.1, 0.15) is 12.0 Å². The van der Waals surface area contributed by atoms with Gasteiger partial charge < -0.3 is 25.4 Å². The maximum absolute atomic E-state index is 12.6. The lowest BCUT2D eigenvalue weighted by atomic mass is 10.0. The van der Waals surface area contributed by atoms with E-state index in [9.17, 15) is 19.5 Å². The Morgan fingerprint density at radius 2 is 2.10 bits per heavy atom. The second-order valence-corrected chi connectivity index (χ2v) is 5.37. The van der Waals surface area contributed by atoms with E-state index >= 15 is 0 Å². The van der Waals surface area contributed by atoms with E-state index in [1.165, 1.54) is 9.80 Å². The molecular weight excluding hydrogens is 278 g/mol. The summed E-state index contributed by atoms with van der Waals surface area (Å²) in [5.74, 6) is -2.23. The van der Waals surface area contributed by atoms with Crippen LogP contribution in [0.25, 0.3) is 0 Å². The maximum atomic E-state index is 12.6. The van der Waals surface area contributed by atoms with Crippen LogP contribution >= 0.6 is 0 Å². The molecule has 2 saturated heterocycles. The molecule has 2 fully saturated rings. The van der Waals surface area contributed by atoms with Gasteiger partial charge in [-0.15, -0.1) is 0 Å². The number of likely N-dealkylation sites (N-methyl/N-ethyl adjacent to an activating group) is 1. The predicted molar refractivity (Wildman–Crippen MR) is 72.4 cm³/mol. The van der Waals surface area contributed by atoms with Crippen molar-refractivity contribution in [2.24, 2.45) is 11.7 Å². The zero-order chi connectivity index (χ0) is 15.6. The van der Waals surface area contributed by atoms with Crippen molar-refractivity contribution in [2.75, 3.05) is 26.3 Å². The highest BCUT2D eigenvalue weighted by Crippen LogP contribution is 2.24. The second kappa shape index (κ2) is 6.30. The van der Waals surface area contributed by atoms with Crippen LogP contribution in [0.5, 0.6) is 0 Å². The van der Waals surface area contributed by atoms with Crippen molar-refractivity contribution >= 4 is 17.9 Å². The zero-order valence-corrected chi connectivity index (χ0v) is 12.0. The molecular formula is C13H21N3O5. The van der Waals surface area contributed by atoms with E-state index in [4.69, 9.17) is 10.5 Å². The van der Waals surface area contributed by atoms with Gasteiger partial charge in [-0.05, 0) is 19.8 Å². The molecule has 3 amide bonds. The van der Waals surface area contributed by atoms with Gasteiger partial charge in [-0.1, -0.05) is 0 Å². The van der Waals surface area contributed by atoms with Crippen LogP contribution in [0.1, 0.15) is 19.8 Å². The monoisotopic (exact) mass is 299 g/mol. The molecule has 0 aliphatic carbocycles. The Bertz CT molecular complexity index is 442. The molecule has 0 radical (unpaired) electrons. The van der Waals surface area contributed by atoms with Crippen LogP contribution in [0.4, 0.5) is 4.79 Å². The summed E-state index contributed by atoms with van der Waals surface area (Å²) in [6.07, 6.45) is 1.28. The predicted octanol–water partition coefficient (Wildman–Crippen LogP) is -0.522. The van der Waals surface area contributed by atoms with Gasteiger partial charge in [0.15, 0.2) is 0 Å². The van der Waals surface area contributed by atoms with Gasteiger partial charge in [0.2, 0.25) is 5.91 Å². The molecule has 3 N–H and O–H groups in total. The molecule has 2 rings (SSSR count). The molecule has 21 heavy (non-hydrogen) atoms. The third kappa shape index (κ3) is 2.94. The highest BCUT2D eigenvalue weighted by molar-refractivity contribution is 5.87. The van der Waals surface area contributed by atoms with Gasteiger partial charge in [0.05, 0.1) is 19.3 Å². The summed E-state index contributed by atoms with van der Waals surface area (Å²) in [4.78, 5) is 38.2. The zero-order valence-electron chi connectivity index (χ0n) is 12.0. The Kier molecular flexibility index (Phi) is 4.66. The van der Waals surface area contributed by atoms with Gasteiger partial charge in [-0.2, -0.15) is 0 Å². The summed E-state index contributed by atoms with van der Waals surface area (Å²) in [5, 5.41) is 9.21. The molecule has 118 valence electrons. The van der Waals surface area contributed by atoms with Crippen molar-refractivity contribution in [1.29, 1.82) is 0 Å². The smallest absolute Gasteiger partial charge is 0.321 e. The number of carbonyl (C=O) groups is 3. The van der Waals surface area contributed by atoms with Crippen molar-refractivity contribution < 1.29 is 24.2 Å². The first-order valence-electron chi connectivity index (χ1n) is 7.14. The minimum Gasteiger partial charge on any atom is -0.481 e. The molecule has 3 unspecified atom stereocenters. The van der Waals surface area contributed by atoms with Gasteiger partial charge in [0, 0.05) is 13.1 Å². The van der Waals surface area contributed by atoms with Crippen LogP contribution in [0, 0.1) is 5.92 Å². The van der Waals surface area contributed by atoms with Crippen molar-refractivity contribution in [3.8, 4) is 0 Å². The van der Waals surface area contributed by atoms with E-state index < -0.39 is 29.9 Å². The number of hydrogen-bond acceptors (Lipinski definition) is 4. The fourth-order valence-corrected chi connectivity index (χ4v) is 3.05. The minimum absolute atomic E-state index is 0.100. The van der Waals surface area contributed by atoms with Crippen LogP contribution < -0.4 is 5.73 Å². The summed E-state index contributed by atoms with van der Waals surface area (Å²) >= 11 is 0. The van der Waals surface area contributed by atoms with Gasteiger partial charge in [-0.25, -0.2) is 4.79 Å². The number of amides is 3. The topological polar surface area (TPSA) is 113 Å². The van der Waals surface area contributed by atoms with E-state index in [2.05, 4.69) is 0 Å². The molecule has 0 saturated carbocycles. The number of ether oxygens (including phenoxy) is 1. The highest BCUT2D eigenvalue weighted by Gasteiger charge is 2.43. The van der Waals surface area contributed by atoms with E-state index in [0.717, 1.165) is 6.42 Å². The molecule has 8 nitrogen and oxygen atoms in total. The lowest BCUT2D eigenvalue weighted by molar-refractivity contribution is -0.143. The average molecular weight is 299 g/mol. The van der Waals surface area contributed by atoms with Gasteiger partial charge >= 0.3 is 12.0 Å².